The lowest BCUT2D eigenvalue weighted by molar-refractivity contribution is 0.0954. The number of nitrogens with two attached hydrogens (primary N) is 1. The normalized spacial score (nSPS) is 9.85. The molecule has 6 heteroatoms. The van der Waals surface area contributed by atoms with Gasteiger partial charge in [-0.05, 0) is 12.1 Å². The first-order valence-electron chi connectivity index (χ1n) is 3.22. The van der Waals surface area contributed by atoms with Gasteiger partial charge in [0, 0.05) is 0 Å². The smallest absolute Gasteiger partial charge is 0.268 e. The molecule has 13 heavy (non-hydrogen) atoms. The van der Waals surface area contributed by atoms with Gasteiger partial charge in [0.25, 0.3) is 5.91 Å². The number of halogens is 3. The molecule has 3 N–H and O–H groups in total. The maximum absolute atomic E-state index is 11.1. The van der Waals surface area contributed by atoms with E-state index in [2.05, 4.69) is 0 Å². The largest absolute Gasteiger partial charge is 0.290 e. The van der Waals surface area contributed by atoms with Gasteiger partial charge in [0.2, 0.25) is 0 Å². The highest BCUT2D eigenvalue weighted by Gasteiger charge is 2.15. The van der Waals surface area contributed by atoms with Gasteiger partial charge in [-0.15, -0.1) is 0 Å². The van der Waals surface area contributed by atoms with Crippen molar-refractivity contribution in [2.24, 2.45) is 5.84 Å². The van der Waals surface area contributed by atoms with Gasteiger partial charge < -0.3 is 0 Å². The van der Waals surface area contributed by atoms with Crippen LogP contribution in [0.3, 0.4) is 0 Å². The van der Waals surface area contributed by atoms with E-state index in [1.807, 2.05) is 5.43 Å². The van der Waals surface area contributed by atoms with E-state index < -0.39 is 5.91 Å². The maximum Gasteiger partial charge on any atom is 0.268 e. The minimum Gasteiger partial charge on any atom is -0.290 e. The Bertz CT molecular complexity index is 354. The molecule has 0 aliphatic carbocycles. The lowest BCUT2D eigenvalue weighted by Crippen LogP contribution is -2.30. The summed E-state index contributed by atoms with van der Waals surface area (Å²) in [6.45, 7) is 0. The summed E-state index contributed by atoms with van der Waals surface area (Å²) < 4.78 is 0. The molecule has 3 nitrogen and oxygen atoms in total. The highest BCUT2D eigenvalue weighted by Crippen LogP contribution is 2.30. The van der Waals surface area contributed by atoms with E-state index in [1.54, 1.807) is 0 Å². The standard InChI is InChI=1S/C7H5Cl3N2O/c8-3-1-2-4(9)6(10)5(3)7(13)12-11/h1-2H,11H2,(H,12,13). The molecule has 1 rings (SSSR count). The Labute approximate surface area is 89.7 Å². The highest BCUT2D eigenvalue weighted by molar-refractivity contribution is 6.46. The third-order valence-corrected chi connectivity index (χ3v) is 2.52. The molecule has 0 bridgehead atoms. The predicted molar refractivity (Wildman–Crippen MR) is 53.1 cm³/mol. The summed E-state index contributed by atoms with van der Waals surface area (Å²) in [4.78, 5) is 11.1. The molecule has 0 heterocycles. The number of benzene rings is 1. The Kier molecular flexibility index (Phi) is 3.39. The van der Waals surface area contributed by atoms with Crippen molar-refractivity contribution in [1.29, 1.82) is 0 Å². The lowest BCUT2D eigenvalue weighted by Gasteiger charge is -2.05. The van der Waals surface area contributed by atoms with Gasteiger partial charge in [-0.1, -0.05) is 34.8 Å². The molecule has 0 saturated carbocycles. The van der Waals surface area contributed by atoms with E-state index in [-0.39, 0.29) is 20.6 Å². The number of carbonyl (C=O) groups excluding carboxylic acids is 1. The molecule has 0 radical (unpaired) electrons. The molecule has 1 amide bonds. The summed E-state index contributed by atoms with van der Waals surface area (Å²) in [6, 6.07) is 2.97. The second-order valence-corrected chi connectivity index (χ2v) is 3.38. The van der Waals surface area contributed by atoms with E-state index in [0.29, 0.717) is 0 Å². The molecule has 1 aromatic carbocycles. The molecule has 0 aromatic heterocycles. The van der Waals surface area contributed by atoms with Crippen LogP contribution in [0.15, 0.2) is 12.1 Å². The van der Waals surface area contributed by atoms with Crippen LogP contribution >= 0.6 is 34.8 Å². The van der Waals surface area contributed by atoms with Crippen molar-refractivity contribution in [3.8, 4) is 0 Å². The molecule has 0 saturated heterocycles. The van der Waals surface area contributed by atoms with Crippen molar-refractivity contribution in [1.82, 2.24) is 5.43 Å². The van der Waals surface area contributed by atoms with Gasteiger partial charge in [-0.25, -0.2) is 5.84 Å². The molecule has 0 fully saturated rings. The number of hydrogen-bond acceptors (Lipinski definition) is 2. The van der Waals surface area contributed by atoms with Crippen molar-refractivity contribution in [3.63, 3.8) is 0 Å². The first-order chi connectivity index (χ1) is 6.07. The topological polar surface area (TPSA) is 55.1 Å². The van der Waals surface area contributed by atoms with Gasteiger partial charge in [0.15, 0.2) is 0 Å². The zero-order valence-corrected chi connectivity index (χ0v) is 8.54. The maximum atomic E-state index is 11.1. The molecule has 1 aromatic rings. The van der Waals surface area contributed by atoms with Crippen molar-refractivity contribution in [2.45, 2.75) is 0 Å². The number of rotatable bonds is 1. The summed E-state index contributed by atoms with van der Waals surface area (Å²) in [6.07, 6.45) is 0. The molecule has 70 valence electrons. The van der Waals surface area contributed by atoms with Crippen LogP contribution in [0.5, 0.6) is 0 Å². The van der Waals surface area contributed by atoms with Crippen molar-refractivity contribution < 1.29 is 4.79 Å². The monoisotopic (exact) mass is 238 g/mol. The molecule has 0 unspecified atom stereocenters. The number of hydrazine groups is 1. The number of nitrogens with one attached hydrogen (secondary N) is 1. The van der Waals surface area contributed by atoms with Gasteiger partial charge >= 0.3 is 0 Å². The van der Waals surface area contributed by atoms with Crippen molar-refractivity contribution in [2.75, 3.05) is 0 Å². The van der Waals surface area contributed by atoms with E-state index >= 15 is 0 Å². The summed E-state index contributed by atoms with van der Waals surface area (Å²) >= 11 is 17.1. The summed E-state index contributed by atoms with van der Waals surface area (Å²) in [5, 5.41) is 0.555. The SMILES string of the molecule is NNC(=O)c1c(Cl)ccc(Cl)c1Cl. The molecular formula is C7H5Cl3N2O. The Morgan fingerprint density at radius 1 is 1.23 bits per heavy atom. The summed E-state index contributed by atoms with van der Waals surface area (Å²) in [5.74, 6) is 4.36. The van der Waals surface area contributed by atoms with E-state index in [4.69, 9.17) is 40.6 Å². The number of nitrogen functional groups attached to an aromatic ring is 1. The van der Waals surface area contributed by atoms with Gasteiger partial charge in [0.05, 0.1) is 20.6 Å². The van der Waals surface area contributed by atoms with Crippen molar-refractivity contribution >= 4 is 40.7 Å². The zero-order chi connectivity index (χ0) is 10.0. The average Bonchev–Trinajstić information content (AvgIpc) is 2.12. The second kappa shape index (κ2) is 4.15. The Morgan fingerprint density at radius 3 is 2.31 bits per heavy atom. The fourth-order valence-corrected chi connectivity index (χ4v) is 1.51. The number of amides is 1. The van der Waals surface area contributed by atoms with E-state index in [1.165, 1.54) is 12.1 Å². The predicted octanol–water partition coefficient (Wildman–Crippen LogP) is 2.25. The molecule has 0 aliphatic heterocycles. The average molecular weight is 239 g/mol. The Balaban J connectivity index is 3.33. The second-order valence-electron chi connectivity index (χ2n) is 2.19. The quantitative estimate of drug-likeness (QED) is 0.342. The molecule has 0 aliphatic rings. The Hall–Kier alpha value is -0.480. The van der Waals surface area contributed by atoms with Crippen LogP contribution in [0.25, 0.3) is 0 Å². The summed E-state index contributed by atoms with van der Waals surface area (Å²) in [5.41, 5.74) is 2.01. The highest BCUT2D eigenvalue weighted by atomic mass is 35.5. The van der Waals surface area contributed by atoms with E-state index in [9.17, 15) is 4.79 Å². The van der Waals surface area contributed by atoms with Crippen LogP contribution in [-0.2, 0) is 0 Å². The summed E-state index contributed by atoms with van der Waals surface area (Å²) in [7, 11) is 0. The first-order valence-corrected chi connectivity index (χ1v) is 4.35. The Morgan fingerprint density at radius 2 is 1.77 bits per heavy atom. The lowest BCUT2D eigenvalue weighted by atomic mass is 10.2. The van der Waals surface area contributed by atoms with Crippen LogP contribution in [-0.4, -0.2) is 5.91 Å². The molecule has 0 atom stereocenters. The fourth-order valence-electron chi connectivity index (χ4n) is 0.807. The minimum atomic E-state index is -0.572. The van der Waals surface area contributed by atoms with E-state index in [0.717, 1.165) is 0 Å². The van der Waals surface area contributed by atoms with Crippen LogP contribution in [0, 0.1) is 0 Å². The van der Waals surface area contributed by atoms with Crippen LogP contribution in [0.4, 0.5) is 0 Å². The first kappa shape index (κ1) is 10.6. The number of carbonyl (C=O) groups is 1. The third kappa shape index (κ3) is 2.06. The molecule has 0 spiro atoms. The minimum absolute atomic E-state index is 0.0818. The fraction of sp³-hybridized carbons (Fsp3) is 0. The molecular weight excluding hydrogens is 234 g/mol. The van der Waals surface area contributed by atoms with Gasteiger partial charge in [-0.2, -0.15) is 0 Å². The van der Waals surface area contributed by atoms with Crippen LogP contribution in [0.2, 0.25) is 15.1 Å². The zero-order valence-electron chi connectivity index (χ0n) is 6.27. The van der Waals surface area contributed by atoms with Crippen molar-refractivity contribution in [3.05, 3.63) is 32.8 Å². The van der Waals surface area contributed by atoms with Crippen LogP contribution < -0.4 is 11.3 Å². The number of hydrogen-bond donors (Lipinski definition) is 2. The van der Waals surface area contributed by atoms with Gasteiger partial charge in [0.1, 0.15) is 0 Å². The third-order valence-electron chi connectivity index (χ3n) is 1.40. The van der Waals surface area contributed by atoms with Gasteiger partial charge in [-0.3, -0.25) is 10.2 Å². The van der Waals surface area contributed by atoms with Crippen LogP contribution in [0.1, 0.15) is 10.4 Å².